The van der Waals surface area contributed by atoms with Crippen LogP contribution in [0.2, 0.25) is 0 Å². The zero-order valence-electron chi connectivity index (χ0n) is 16.7. The van der Waals surface area contributed by atoms with E-state index in [1.54, 1.807) is 0 Å². The number of carbonyl (C=O) groups excluding carboxylic acids is 4. The molecule has 0 radical (unpaired) electrons. The fraction of sp³-hybridized carbons (Fsp3) is 0.500. The molecular weight excluding hydrogens is 362 g/mol. The molecule has 0 bridgehead atoms. The van der Waals surface area contributed by atoms with Gasteiger partial charge >= 0.3 is 6.09 Å². The van der Waals surface area contributed by atoms with Crippen molar-refractivity contribution in [3.05, 3.63) is 34.9 Å². The maximum atomic E-state index is 12.5. The van der Waals surface area contributed by atoms with Crippen LogP contribution in [0.5, 0.6) is 0 Å². The first-order valence-corrected chi connectivity index (χ1v) is 9.39. The number of hydrogen-bond acceptors (Lipinski definition) is 5. The SMILES string of the molecule is CC(C)COC(=O)NCCNC(=O)c1ccc2c(c1)C(=O)N(CC(C)C)C2=O. The fourth-order valence-corrected chi connectivity index (χ4v) is 2.70. The van der Waals surface area contributed by atoms with Crippen LogP contribution in [0.1, 0.15) is 58.8 Å². The van der Waals surface area contributed by atoms with Crippen molar-refractivity contribution in [3.63, 3.8) is 0 Å². The van der Waals surface area contributed by atoms with Gasteiger partial charge in [0.1, 0.15) is 0 Å². The van der Waals surface area contributed by atoms with E-state index >= 15 is 0 Å². The summed E-state index contributed by atoms with van der Waals surface area (Å²) in [4.78, 5) is 49.8. The highest BCUT2D eigenvalue weighted by atomic mass is 16.5. The Morgan fingerprint density at radius 2 is 1.61 bits per heavy atom. The Morgan fingerprint density at radius 1 is 0.964 bits per heavy atom. The van der Waals surface area contributed by atoms with Crippen molar-refractivity contribution in [3.8, 4) is 0 Å². The Balaban J connectivity index is 1.89. The van der Waals surface area contributed by atoms with E-state index in [4.69, 9.17) is 4.74 Å². The monoisotopic (exact) mass is 389 g/mol. The second kappa shape index (κ2) is 9.34. The van der Waals surface area contributed by atoms with Crippen LogP contribution in [0.3, 0.4) is 0 Å². The molecule has 0 saturated heterocycles. The Bertz CT molecular complexity index is 773. The molecule has 0 aromatic heterocycles. The van der Waals surface area contributed by atoms with Gasteiger partial charge in [0.15, 0.2) is 0 Å². The van der Waals surface area contributed by atoms with Crippen LogP contribution in [-0.2, 0) is 4.74 Å². The maximum absolute atomic E-state index is 12.5. The van der Waals surface area contributed by atoms with Gasteiger partial charge in [0, 0.05) is 25.2 Å². The van der Waals surface area contributed by atoms with Gasteiger partial charge in [-0.15, -0.1) is 0 Å². The lowest BCUT2D eigenvalue weighted by Crippen LogP contribution is -2.35. The fourth-order valence-electron chi connectivity index (χ4n) is 2.70. The predicted octanol–water partition coefficient (Wildman–Crippen LogP) is 2.05. The van der Waals surface area contributed by atoms with E-state index in [9.17, 15) is 19.2 Å². The number of rotatable bonds is 8. The maximum Gasteiger partial charge on any atom is 0.407 e. The highest BCUT2D eigenvalue weighted by molar-refractivity contribution is 6.22. The van der Waals surface area contributed by atoms with Crippen LogP contribution in [0.15, 0.2) is 18.2 Å². The normalized spacial score (nSPS) is 13.1. The summed E-state index contributed by atoms with van der Waals surface area (Å²) in [7, 11) is 0. The van der Waals surface area contributed by atoms with Crippen molar-refractivity contribution in [2.75, 3.05) is 26.2 Å². The Kier molecular flexibility index (Phi) is 7.14. The topological polar surface area (TPSA) is 105 Å². The number of hydrogen-bond donors (Lipinski definition) is 2. The van der Waals surface area contributed by atoms with Gasteiger partial charge < -0.3 is 15.4 Å². The largest absolute Gasteiger partial charge is 0.449 e. The third kappa shape index (κ3) is 5.31. The van der Waals surface area contributed by atoms with Gasteiger partial charge in [-0.25, -0.2) is 4.79 Å². The molecule has 8 nitrogen and oxygen atoms in total. The smallest absolute Gasteiger partial charge is 0.407 e. The van der Waals surface area contributed by atoms with Crippen LogP contribution < -0.4 is 10.6 Å². The van der Waals surface area contributed by atoms with Crippen molar-refractivity contribution < 1.29 is 23.9 Å². The molecule has 8 heteroatoms. The molecule has 1 aromatic carbocycles. The van der Waals surface area contributed by atoms with Gasteiger partial charge in [0.05, 0.1) is 17.7 Å². The molecule has 0 saturated carbocycles. The molecule has 0 fully saturated rings. The first kappa shape index (κ1) is 21.4. The van der Waals surface area contributed by atoms with Crippen LogP contribution in [0, 0.1) is 11.8 Å². The average Bonchev–Trinajstić information content (AvgIpc) is 2.87. The molecule has 28 heavy (non-hydrogen) atoms. The summed E-state index contributed by atoms with van der Waals surface area (Å²) in [6.45, 7) is 8.81. The number of benzene rings is 1. The minimum Gasteiger partial charge on any atom is -0.449 e. The van der Waals surface area contributed by atoms with E-state index in [1.807, 2.05) is 27.7 Å². The molecule has 1 heterocycles. The predicted molar refractivity (Wildman–Crippen MR) is 103 cm³/mol. The number of alkyl carbamates (subject to hydrolysis) is 1. The van der Waals surface area contributed by atoms with Crippen LogP contribution in [0.25, 0.3) is 0 Å². The number of amides is 4. The quantitative estimate of drug-likeness (QED) is 0.523. The summed E-state index contributed by atoms with van der Waals surface area (Å²) in [5.41, 5.74) is 0.846. The molecule has 0 atom stereocenters. The standard InChI is InChI=1S/C20H27N3O5/c1-12(2)10-23-18(25)15-6-5-14(9-16(15)19(23)26)17(24)21-7-8-22-20(27)28-11-13(3)4/h5-6,9,12-13H,7-8,10-11H2,1-4H3,(H,21,24)(H,22,27). The van der Waals surface area contributed by atoms with Gasteiger partial charge in [0.25, 0.3) is 17.7 Å². The van der Waals surface area contributed by atoms with Gasteiger partial charge in [-0.3, -0.25) is 19.3 Å². The van der Waals surface area contributed by atoms with E-state index in [2.05, 4.69) is 10.6 Å². The molecule has 0 aliphatic carbocycles. The average molecular weight is 389 g/mol. The minimum atomic E-state index is -0.533. The zero-order valence-corrected chi connectivity index (χ0v) is 16.7. The van der Waals surface area contributed by atoms with Gasteiger partial charge in [-0.05, 0) is 30.0 Å². The second-order valence-electron chi connectivity index (χ2n) is 7.55. The van der Waals surface area contributed by atoms with Crippen molar-refractivity contribution in [1.29, 1.82) is 0 Å². The van der Waals surface area contributed by atoms with Crippen molar-refractivity contribution in [1.82, 2.24) is 15.5 Å². The second-order valence-corrected chi connectivity index (χ2v) is 7.55. The molecule has 2 rings (SSSR count). The molecule has 1 aliphatic rings. The summed E-state index contributed by atoms with van der Waals surface area (Å²) in [5, 5.41) is 5.20. The third-order valence-corrected chi connectivity index (χ3v) is 4.01. The lowest BCUT2D eigenvalue weighted by Gasteiger charge is -2.15. The van der Waals surface area contributed by atoms with Crippen LogP contribution in [0.4, 0.5) is 4.79 Å². The Hall–Kier alpha value is -2.90. The van der Waals surface area contributed by atoms with Gasteiger partial charge in [-0.1, -0.05) is 27.7 Å². The van der Waals surface area contributed by atoms with Gasteiger partial charge in [-0.2, -0.15) is 0 Å². The Labute approximate surface area is 164 Å². The number of nitrogens with zero attached hydrogens (tertiary/aromatic N) is 1. The zero-order chi connectivity index (χ0) is 20.8. The van der Waals surface area contributed by atoms with Crippen molar-refractivity contribution in [2.45, 2.75) is 27.7 Å². The summed E-state index contributed by atoms with van der Waals surface area (Å²) in [5.74, 6) is -0.689. The molecule has 2 N–H and O–H groups in total. The van der Waals surface area contributed by atoms with E-state index < -0.39 is 6.09 Å². The summed E-state index contributed by atoms with van der Waals surface area (Å²) in [6.07, 6.45) is -0.533. The van der Waals surface area contributed by atoms with E-state index in [0.717, 1.165) is 0 Å². The lowest BCUT2D eigenvalue weighted by atomic mass is 10.1. The number of ether oxygens (including phenoxy) is 1. The first-order valence-electron chi connectivity index (χ1n) is 9.39. The highest BCUT2D eigenvalue weighted by Crippen LogP contribution is 2.24. The summed E-state index contributed by atoms with van der Waals surface area (Å²) in [6, 6.07) is 4.46. The van der Waals surface area contributed by atoms with Crippen molar-refractivity contribution in [2.24, 2.45) is 11.8 Å². The molecule has 1 aromatic rings. The molecule has 0 unspecified atom stereocenters. The number of carbonyl (C=O) groups is 4. The highest BCUT2D eigenvalue weighted by Gasteiger charge is 2.36. The summed E-state index contributed by atoms with van der Waals surface area (Å²) < 4.78 is 4.97. The third-order valence-electron chi connectivity index (χ3n) is 4.01. The van der Waals surface area contributed by atoms with Crippen LogP contribution >= 0.6 is 0 Å². The number of imide groups is 1. The van der Waals surface area contributed by atoms with E-state index in [0.29, 0.717) is 18.7 Å². The molecule has 4 amide bonds. The lowest BCUT2D eigenvalue weighted by molar-refractivity contribution is 0.0636. The van der Waals surface area contributed by atoms with E-state index in [1.165, 1.54) is 23.1 Å². The van der Waals surface area contributed by atoms with E-state index in [-0.39, 0.29) is 53.8 Å². The van der Waals surface area contributed by atoms with Crippen LogP contribution in [-0.4, -0.2) is 55.0 Å². The molecule has 1 aliphatic heterocycles. The number of fused-ring (bicyclic) bond motifs is 1. The molecular formula is C20H27N3O5. The number of nitrogens with one attached hydrogen (secondary N) is 2. The summed E-state index contributed by atoms with van der Waals surface area (Å²) >= 11 is 0. The van der Waals surface area contributed by atoms with Gasteiger partial charge in [0.2, 0.25) is 0 Å². The molecule has 152 valence electrons. The molecule has 0 spiro atoms. The minimum absolute atomic E-state index is 0.157. The first-order chi connectivity index (χ1) is 13.2. The van der Waals surface area contributed by atoms with Crippen molar-refractivity contribution >= 4 is 23.8 Å². The Morgan fingerprint density at radius 3 is 2.25 bits per heavy atom.